The minimum atomic E-state index is -0.0614. The van der Waals surface area contributed by atoms with Crippen LogP contribution in [0, 0.1) is 12.8 Å². The van der Waals surface area contributed by atoms with Gasteiger partial charge >= 0.3 is 158 Å². The molecule has 1 aliphatic rings. The van der Waals surface area contributed by atoms with Crippen molar-refractivity contribution >= 4 is 28.3 Å². The average molecular weight is 631 g/mol. The number of hydrogen-bond donors (Lipinski definition) is 0. The molecular weight excluding hydrogens is 585 g/mol. The van der Waals surface area contributed by atoms with Crippen molar-refractivity contribution in [2.24, 2.45) is 5.92 Å². The zero-order valence-electron chi connectivity index (χ0n) is 21.6. The Balaban J connectivity index is 1.97. The van der Waals surface area contributed by atoms with Crippen molar-refractivity contribution in [3.05, 3.63) is 58.2 Å². The van der Waals surface area contributed by atoms with E-state index in [0.717, 1.165) is 25.7 Å². The Labute approximate surface area is 213 Å². The van der Waals surface area contributed by atoms with Crippen LogP contribution in [0.15, 0.2) is 47.1 Å². The number of benzene rings is 1. The quantitative estimate of drug-likeness (QED) is 0.225. The standard InChI is InChI=1S/C30H45O.Po/c1-8-12-28(30(7)22-21-27-18-11-17-26(6)29(27)31-30)20-19-25(5)16-10-15-24(4)14-9-13-23(2)3;/h13,15,17-19,28H,8-10,12,14,16,20-22H2,1-7H3;/b24-15+,25-19+;/t28?,30-;/m0./s1. The fraction of sp³-hybridized carbons (Fsp3) is 0.600. The number of allylic oxidation sites excluding steroid dienone is 6. The van der Waals surface area contributed by atoms with Gasteiger partial charge < -0.3 is 0 Å². The topological polar surface area (TPSA) is 9.23 Å². The molecule has 0 aromatic heterocycles. The maximum atomic E-state index is 6.78. The Bertz CT molecular complexity index is 841. The molecule has 177 valence electrons. The second-order valence-electron chi connectivity index (χ2n) is 10.3. The van der Waals surface area contributed by atoms with Gasteiger partial charge in [-0.3, -0.25) is 0 Å². The Morgan fingerprint density at radius 2 is 1.72 bits per heavy atom. The van der Waals surface area contributed by atoms with Crippen molar-refractivity contribution in [2.75, 3.05) is 0 Å². The predicted molar refractivity (Wildman–Crippen MR) is 142 cm³/mol. The van der Waals surface area contributed by atoms with E-state index in [1.165, 1.54) is 68.9 Å². The second kappa shape index (κ2) is 13.1. The van der Waals surface area contributed by atoms with Crippen LogP contribution in [0.25, 0.3) is 0 Å². The molecule has 1 radical (unpaired) electrons. The van der Waals surface area contributed by atoms with Crippen molar-refractivity contribution in [3.8, 4) is 5.75 Å². The van der Waals surface area contributed by atoms with Crippen LogP contribution in [0.1, 0.15) is 104 Å². The van der Waals surface area contributed by atoms with Gasteiger partial charge in [0.1, 0.15) is 0 Å². The normalized spacial score (nSPS) is 19.8. The van der Waals surface area contributed by atoms with Crippen molar-refractivity contribution in [3.63, 3.8) is 0 Å². The molecule has 0 amide bonds. The number of fused-ring (bicyclic) bond motifs is 1. The summed E-state index contributed by atoms with van der Waals surface area (Å²) in [6.07, 6.45) is 17.8. The molecule has 1 aromatic rings. The van der Waals surface area contributed by atoms with Crippen LogP contribution < -0.4 is 7.96 Å². The minimum absolute atomic E-state index is 0.0614. The Hall–Kier alpha value is -0.864. The summed E-state index contributed by atoms with van der Waals surface area (Å²) in [5, 5.41) is 0. The number of aryl methyl sites for hydroxylation is 2. The number of ether oxygens (including phenoxy) is 1. The average Bonchev–Trinajstić information content (AvgIpc) is 2.71. The Morgan fingerprint density at radius 1 is 1.06 bits per heavy atom. The summed E-state index contributed by atoms with van der Waals surface area (Å²) in [7, 11) is 0. The summed E-state index contributed by atoms with van der Waals surface area (Å²) in [4.78, 5) is 0. The molecule has 0 bridgehead atoms. The molecule has 1 unspecified atom stereocenters. The molecule has 0 saturated carbocycles. The van der Waals surface area contributed by atoms with Crippen LogP contribution in [0.2, 0.25) is 0 Å². The van der Waals surface area contributed by atoms with Crippen molar-refractivity contribution < 1.29 is 4.74 Å². The number of hydrogen-bond acceptors (Lipinski definition) is 1. The predicted octanol–water partition coefficient (Wildman–Crippen LogP) is 8.10. The van der Waals surface area contributed by atoms with Gasteiger partial charge in [-0.2, -0.15) is 0 Å². The number of rotatable bonds is 11. The summed E-state index contributed by atoms with van der Waals surface area (Å²) in [5.41, 5.74) is 7.13. The first kappa shape index (κ1) is 27.4. The van der Waals surface area contributed by atoms with E-state index in [-0.39, 0.29) is 5.60 Å². The summed E-state index contributed by atoms with van der Waals surface area (Å²) < 4.78 is 8.21. The van der Waals surface area contributed by atoms with Crippen molar-refractivity contribution in [1.82, 2.24) is 0 Å². The van der Waals surface area contributed by atoms with Gasteiger partial charge in [0.25, 0.3) is 0 Å². The SMILES string of the molecule is CCCC(C/C=C(\C)CC/C=C(\C)CCC=C(C)C)[C@]1(C)CCc2c[c]([Po])cc(C)c2O1. The van der Waals surface area contributed by atoms with Gasteiger partial charge in [-0.15, -0.1) is 0 Å². The van der Waals surface area contributed by atoms with Crippen LogP contribution in [0.3, 0.4) is 0 Å². The summed E-state index contributed by atoms with van der Waals surface area (Å²) in [6.45, 7) is 15.8. The van der Waals surface area contributed by atoms with Gasteiger partial charge in [-0.05, 0) is 33.6 Å². The molecule has 32 heavy (non-hydrogen) atoms. The molecule has 0 fully saturated rings. The fourth-order valence-corrected chi connectivity index (χ4v) is 6.04. The molecule has 0 saturated heterocycles. The van der Waals surface area contributed by atoms with Crippen LogP contribution in [0.5, 0.6) is 5.75 Å². The molecule has 0 aliphatic carbocycles. The zero-order valence-corrected chi connectivity index (χ0v) is 24.8. The fourth-order valence-electron chi connectivity index (χ4n) is 4.80. The third-order valence-corrected chi connectivity index (χ3v) is 7.84. The monoisotopic (exact) mass is 630 g/mol. The van der Waals surface area contributed by atoms with Crippen LogP contribution in [0.4, 0.5) is 0 Å². The Kier molecular flexibility index (Phi) is 11.2. The third kappa shape index (κ3) is 8.49. The first-order valence-corrected chi connectivity index (χ1v) is 14.2. The Morgan fingerprint density at radius 3 is 2.38 bits per heavy atom. The van der Waals surface area contributed by atoms with Crippen molar-refractivity contribution in [1.29, 1.82) is 0 Å². The molecule has 1 nitrogen and oxygen atoms in total. The zero-order chi connectivity index (χ0) is 23.7. The van der Waals surface area contributed by atoms with Crippen LogP contribution >= 0.6 is 0 Å². The summed E-state index contributed by atoms with van der Waals surface area (Å²) in [5.74, 6) is 1.74. The molecule has 2 heteroatoms. The molecule has 2 atom stereocenters. The molecule has 1 aromatic carbocycles. The van der Waals surface area contributed by atoms with Gasteiger partial charge in [0, 0.05) is 0 Å². The summed E-state index contributed by atoms with van der Waals surface area (Å²) >= 11 is 1.54. The van der Waals surface area contributed by atoms with Gasteiger partial charge in [0.15, 0.2) is 0 Å². The maximum absolute atomic E-state index is 6.78. The van der Waals surface area contributed by atoms with E-state index < -0.39 is 0 Å². The van der Waals surface area contributed by atoms with Crippen LogP contribution in [-0.4, -0.2) is 30.7 Å². The van der Waals surface area contributed by atoms with Gasteiger partial charge in [0.2, 0.25) is 0 Å². The van der Waals surface area contributed by atoms with E-state index in [1.807, 2.05) is 0 Å². The van der Waals surface area contributed by atoms with Crippen LogP contribution in [-0.2, 0) is 6.42 Å². The molecule has 0 spiro atoms. The first-order valence-electron chi connectivity index (χ1n) is 12.6. The van der Waals surface area contributed by atoms with E-state index in [2.05, 4.69) is 78.8 Å². The van der Waals surface area contributed by atoms with E-state index in [9.17, 15) is 0 Å². The second-order valence-corrected chi connectivity index (χ2v) is 12.2. The first-order chi connectivity index (χ1) is 15.1. The van der Waals surface area contributed by atoms with E-state index in [1.54, 1.807) is 25.1 Å². The third-order valence-electron chi connectivity index (χ3n) is 6.93. The summed E-state index contributed by atoms with van der Waals surface area (Å²) in [6, 6.07) is 4.65. The van der Waals surface area contributed by atoms with E-state index >= 15 is 0 Å². The van der Waals surface area contributed by atoms with Crippen molar-refractivity contribution in [2.45, 2.75) is 112 Å². The molecule has 0 N–H and O–H groups in total. The molecule has 2 rings (SSSR count). The van der Waals surface area contributed by atoms with Gasteiger partial charge in [0.05, 0.1) is 0 Å². The molecule has 1 heterocycles. The van der Waals surface area contributed by atoms with E-state index in [4.69, 9.17) is 4.74 Å². The van der Waals surface area contributed by atoms with Gasteiger partial charge in [-0.1, -0.05) is 23.3 Å². The van der Waals surface area contributed by atoms with E-state index in [0.29, 0.717) is 5.92 Å². The van der Waals surface area contributed by atoms with Gasteiger partial charge in [-0.25, -0.2) is 0 Å². The molecular formula is C30H45OPo. The molecule has 1 aliphatic heterocycles.